The maximum Gasteiger partial charge on any atom is 0.410 e. The molecule has 0 radical (unpaired) electrons. The zero-order chi connectivity index (χ0) is 16.9. The molecule has 1 unspecified atom stereocenters. The van der Waals surface area contributed by atoms with Crippen molar-refractivity contribution in [3.8, 4) is 6.07 Å². The molecular formula is C18H22N2O3. The average molecular weight is 314 g/mol. The first-order chi connectivity index (χ1) is 10.7. The molecule has 1 N–H and O–H groups in total. The van der Waals surface area contributed by atoms with Gasteiger partial charge in [-0.15, -0.1) is 0 Å². The molecule has 122 valence electrons. The van der Waals surface area contributed by atoms with E-state index >= 15 is 0 Å². The number of nitriles is 1. The normalized spacial score (nSPS) is 25.3. The van der Waals surface area contributed by atoms with Gasteiger partial charge in [0, 0.05) is 0 Å². The van der Waals surface area contributed by atoms with E-state index in [9.17, 15) is 15.2 Å². The van der Waals surface area contributed by atoms with Crippen LogP contribution < -0.4 is 0 Å². The van der Waals surface area contributed by atoms with Gasteiger partial charge in [-0.25, -0.2) is 4.79 Å². The molecule has 1 amide bonds. The molecule has 1 aromatic rings. The third kappa shape index (κ3) is 2.38. The summed E-state index contributed by atoms with van der Waals surface area (Å²) in [7, 11) is 0. The lowest BCUT2D eigenvalue weighted by Gasteiger charge is -2.53. The van der Waals surface area contributed by atoms with Gasteiger partial charge in [0.25, 0.3) is 0 Å². The number of hydrogen-bond acceptors (Lipinski definition) is 4. The maximum absolute atomic E-state index is 12.1. The molecule has 2 aliphatic rings. The number of amides is 1. The first kappa shape index (κ1) is 15.8. The summed E-state index contributed by atoms with van der Waals surface area (Å²) >= 11 is 0. The Balaban J connectivity index is 1.81. The molecule has 1 saturated heterocycles. The Bertz CT molecular complexity index is 680. The summed E-state index contributed by atoms with van der Waals surface area (Å²) in [6.07, 6.45) is 0.918. The number of nitrogens with zero attached hydrogens (tertiary/aromatic N) is 2. The summed E-state index contributed by atoms with van der Waals surface area (Å²) in [6, 6.07) is 10.1. The largest absolute Gasteiger partial charge is 0.444 e. The van der Waals surface area contributed by atoms with E-state index in [4.69, 9.17) is 4.74 Å². The van der Waals surface area contributed by atoms with Crippen LogP contribution in [0.3, 0.4) is 0 Å². The highest BCUT2D eigenvalue weighted by Crippen LogP contribution is 2.49. The van der Waals surface area contributed by atoms with Gasteiger partial charge < -0.3 is 14.7 Å². The fourth-order valence-corrected chi connectivity index (χ4v) is 3.63. The number of likely N-dealkylation sites (tertiary alicyclic amines) is 1. The number of benzene rings is 1. The molecule has 1 aliphatic heterocycles. The van der Waals surface area contributed by atoms with E-state index < -0.39 is 22.7 Å². The van der Waals surface area contributed by atoms with E-state index in [1.807, 2.05) is 24.3 Å². The van der Waals surface area contributed by atoms with Crippen molar-refractivity contribution < 1.29 is 14.6 Å². The first-order valence-electron chi connectivity index (χ1n) is 7.91. The van der Waals surface area contributed by atoms with Gasteiger partial charge in [0.15, 0.2) is 0 Å². The van der Waals surface area contributed by atoms with Crippen LogP contribution in [0.2, 0.25) is 0 Å². The van der Waals surface area contributed by atoms with Crippen LogP contribution in [0, 0.1) is 11.3 Å². The highest BCUT2D eigenvalue weighted by Gasteiger charge is 2.62. The number of carbonyl (C=O) groups excluding carboxylic acids is 1. The van der Waals surface area contributed by atoms with Crippen molar-refractivity contribution in [1.29, 1.82) is 5.26 Å². The molecule has 1 heterocycles. The third-order valence-corrected chi connectivity index (χ3v) is 4.79. The summed E-state index contributed by atoms with van der Waals surface area (Å²) in [4.78, 5) is 13.6. The van der Waals surface area contributed by atoms with Crippen LogP contribution in [0.5, 0.6) is 0 Å². The van der Waals surface area contributed by atoms with Crippen molar-refractivity contribution in [3.05, 3.63) is 35.4 Å². The monoisotopic (exact) mass is 314 g/mol. The zero-order valence-corrected chi connectivity index (χ0v) is 13.8. The van der Waals surface area contributed by atoms with Crippen molar-refractivity contribution in [3.63, 3.8) is 0 Å². The van der Waals surface area contributed by atoms with Gasteiger partial charge in [0.2, 0.25) is 0 Å². The summed E-state index contributed by atoms with van der Waals surface area (Å²) in [6.45, 7) is 5.68. The van der Waals surface area contributed by atoms with E-state index in [2.05, 4.69) is 6.07 Å². The van der Waals surface area contributed by atoms with Gasteiger partial charge in [-0.2, -0.15) is 5.26 Å². The zero-order valence-electron chi connectivity index (χ0n) is 13.8. The number of carbonyl (C=O) groups is 1. The van der Waals surface area contributed by atoms with Crippen molar-refractivity contribution in [2.24, 2.45) is 0 Å². The molecule has 0 bridgehead atoms. The number of rotatable bonds is 1. The third-order valence-electron chi connectivity index (χ3n) is 4.79. The molecule has 0 spiro atoms. The second-order valence-corrected chi connectivity index (χ2v) is 7.54. The average Bonchev–Trinajstić information content (AvgIpc) is 2.82. The fourth-order valence-electron chi connectivity index (χ4n) is 3.63. The molecule has 3 rings (SSSR count). The molecule has 5 nitrogen and oxygen atoms in total. The quantitative estimate of drug-likeness (QED) is 0.863. The summed E-state index contributed by atoms with van der Waals surface area (Å²) in [5.74, 6) is 0. The molecule has 1 aliphatic carbocycles. The molecule has 23 heavy (non-hydrogen) atoms. The predicted molar refractivity (Wildman–Crippen MR) is 84.8 cm³/mol. The first-order valence-corrected chi connectivity index (χ1v) is 7.91. The van der Waals surface area contributed by atoms with E-state index in [1.165, 1.54) is 4.90 Å². The van der Waals surface area contributed by atoms with E-state index in [-0.39, 0.29) is 13.1 Å². The van der Waals surface area contributed by atoms with Gasteiger partial charge in [-0.05, 0) is 44.7 Å². The van der Waals surface area contributed by atoms with Gasteiger partial charge in [0.1, 0.15) is 16.6 Å². The molecule has 5 heteroatoms. The summed E-state index contributed by atoms with van der Waals surface area (Å²) in [5, 5.41) is 20.9. The number of aliphatic hydroxyl groups is 1. The standard InChI is InChI=1S/C18H22N2O3/c1-16(2,3)23-15(21)20-11-18(22,12-20)17(10-19)9-8-13-6-4-5-7-14(13)17/h4-7,22H,8-9,11-12H2,1-3H3. The summed E-state index contributed by atoms with van der Waals surface area (Å²) < 4.78 is 5.33. The van der Waals surface area contributed by atoms with Gasteiger partial charge in [-0.3, -0.25) is 0 Å². The Morgan fingerprint density at radius 3 is 2.61 bits per heavy atom. The van der Waals surface area contributed by atoms with Crippen LogP contribution in [-0.2, 0) is 16.6 Å². The molecule has 0 aromatic heterocycles. The molecular weight excluding hydrogens is 292 g/mol. The topological polar surface area (TPSA) is 73.6 Å². The van der Waals surface area contributed by atoms with Crippen LogP contribution in [0.4, 0.5) is 4.79 Å². The Morgan fingerprint density at radius 2 is 2.00 bits per heavy atom. The van der Waals surface area contributed by atoms with Crippen molar-refractivity contribution >= 4 is 6.09 Å². The Labute approximate surface area is 136 Å². The van der Waals surface area contributed by atoms with E-state index in [0.29, 0.717) is 6.42 Å². The highest BCUT2D eigenvalue weighted by molar-refractivity contribution is 5.70. The number of aryl methyl sites for hydroxylation is 1. The van der Waals surface area contributed by atoms with Crippen molar-refractivity contribution in [1.82, 2.24) is 4.90 Å². The van der Waals surface area contributed by atoms with Crippen LogP contribution in [-0.4, -0.2) is 40.4 Å². The van der Waals surface area contributed by atoms with Gasteiger partial charge in [-0.1, -0.05) is 24.3 Å². The lowest BCUT2D eigenvalue weighted by atomic mass is 9.65. The van der Waals surface area contributed by atoms with E-state index in [0.717, 1.165) is 17.5 Å². The number of fused-ring (bicyclic) bond motifs is 1. The molecule has 0 saturated carbocycles. The minimum Gasteiger partial charge on any atom is -0.444 e. The minimum absolute atomic E-state index is 0.129. The van der Waals surface area contributed by atoms with Crippen molar-refractivity contribution in [2.75, 3.05) is 13.1 Å². The highest BCUT2D eigenvalue weighted by atomic mass is 16.6. The smallest absolute Gasteiger partial charge is 0.410 e. The lowest BCUT2D eigenvalue weighted by Crippen LogP contribution is -2.72. The predicted octanol–water partition coefficient (Wildman–Crippen LogP) is 2.38. The fraction of sp³-hybridized carbons (Fsp3) is 0.556. The molecule has 1 aromatic carbocycles. The van der Waals surface area contributed by atoms with Crippen LogP contribution >= 0.6 is 0 Å². The Hall–Kier alpha value is -2.06. The summed E-state index contributed by atoms with van der Waals surface area (Å²) in [5.41, 5.74) is -0.725. The van der Waals surface area contributed by atoms with Gasteiger partial charge in [0.05, 0.1) is 19.2 Å². The second kappa shape index (κ2) is 4.97. The number of β-amino-alcohol motifs (C(OH)–C–C–N with tert-alkyl or cyclic N) is 1. The van der Waals surface area contributed by atoms with Crippen LogP contribution in [0.15, 0.2) is 24.3 Å². The minimum atomic E-state index is -1.22. The lowest BCUT2D eigenvalue weighted by molar-refractivity contribution is -0.130. The van der Waals surface area contributed by atoms with E-state index in [1.54, 1.807) is 20.8 Å². The molecule has 1 atom stereocenters. The van der Waals surface area contributed by atoms with Crippen molar-refractivity contribution in [2.45, 2.75) is 50.2 Å². The Morgan fingerprint density at radius 1 is 1.35 bits per heavy atom. The van der Waals surface area contributed by atoms with Crippen LogP contribution in [0.25, 0.3) is 0 Å². The molecule has 1 fully saturated rings. The maximum atomic E-state index is 12.1. The number of hydrogen-bond donors (Lipinski definition) is 1. The SMILES string of the molecule is CC(C)(C)OC(=O)N1CC(O)(C2(C#N)CCc3ccccc32)C1. The second-order valence-electron chi connectivity index (χ2n) is 7.54. The Kier molecular flexibility index (Phi) is 3.42. The van der Waals surface area contributed by atoms with Gasteiger partial charge >= 0.3 is 6.09 Å². The van der Waals surface area contributed by atoms with Crippen LogP contribution in [0.1, 0.15) is 38.3 Å². The number of ether oxygens (including phenoxy) is 1.